The van der Waals surface area contributed by atoms with Crippen molar-refractivity contribution < 1.29 is 43.4 Å². The Balaban J connectivity index is 1.84. The highest BCUT2D eigenvalue weighted by molar-refractivity contribution is 5.61. The van der Waals surface area contributed by atoms with Crippen molar-refractivity contribution in [3.63, 3.8) is 0 Å². The van der Waals surface area contributed by atoms with Crippen LogP contribution in [0.1, 0.15) is 43.7 Å². The van der Waals surface area contributed by atoms with Crippen LogP contribution >= 0.6 is 0 Å². The first-order chi connectivity index (χ1) is 18.2. The normalized spacial score (nSPS) is 29.7. The van der Waals surface area contributed by atoms with Gasteiger partial charge in [-0.2, -0.15) is 0 Å². The molecular weight excluding hydrogens is 494 g/mol. The Morgan fingerprint density at radius 2 is 2.00 bits per heavy atom. The number of phenols is 1. The van der Waals surface area contributed by atoms with Crippen LogP contribution in [0.5, 0.6) is 11.5 Å². The molecule has 0 bridgehead atoms. The summed E-state index contributed by atoms with van der Waals surface area (Å²) in [4.78, 5) is 10.9. The minimum atomic E-state index is -1.75. The zero-order valence-electron chi connectivity index (χ0n) is 23.1. The van der Waals surface area contributed by atoms with Gasteiger partial charge in [-0.15, -0.1) is 0 Å². The summed E-state index contributed by atoms with van der Waals surface area (Å²) in [5, 5.41) is 27.2. The predicted octanol–water partition coefficient (Wildman–Crippen LogP) is 0.633. The SMILES string of the molecule is CNCCCOC1(OC2=c3c(O)c(C)c(CCCC=O)c(OC)c3=CC(C)C2)COC(O)(COC)C12CO2. The van der Waals surface area contributed by atoms with Crippen molar-refractivity contribution in [1.82, 2.24) is 5.32 Å². The van der Waals surface area contributed by atoms with E-state index in [2.05, 4.69) is 18.3 Å². The number of aromatic hydroxyl groups is 1. The first-order valence-corrected chi connectivity index (χ1v) is 13.3. The maximum Gasteiger partial charge on any atom is 0.270 e. The number of aliphatic hydroxyl groups is 1. The number of unbranched alkanes of at least 4 members (excludes halogenated alkanes) is 1. The van der Waals surface area contributed by atoms with Gasteiger partial charge in [0.2, 0.25) is 11.4 Å². The first kappa shape index (κ1) is 28.8. The molecule has 4 atom stereocenters. The minimum Gasteiger partial charge on any atom is -0.507 e. The number of fused-ring (bicyclic) bond motifs is 1. The van der Waals surface area contributed by atoms with Gasteiger partial charge in [0.05, 0.1) is 25.5 Å². The fourth-order valence-corrected chi connectivity index (χ4v) is 5.67. The van der Waals surface area contributed by atoms with Crippen LogP contribution < -0.4 is 20.5 Å². The van der Waals surface area contributed by atoms with E-state index in [-0.39, 0.29) is 31.5 Å². The van der Waals surface area contributed by atoms with Gasteiger partial charge in [-0.25, -0.2) is 0 Å². The molecule has 10 nitrogen and oxygen atoms in total. The summed E-state index contributed by atoms with van der Waals surface area (Å²) < 4.78 is 36.0. The Labute approximate surface area is 223 Å². The van der Waals surface area contributed by atoms with E-state index in [9.17, 15) is 15.0 Å². The van der Waals surface area contributed by atoms with Gasteiger partial charge in [0.25, 0.3) is 5.79 Å². The van der Waals surface area contributed by atoms with Gasteiger partial charge in [0.15, 0.2) is 0 Å². The highest BCUT2D eigenvalue weighted by Crippen LogP contribution is 2.56. The largest absolute Gasteiger partial charge is 0.507 e. The van der Waals surface area contributed by atoms with Gasteiger partial charge in [0.1, 0.15) is 36.8 Å². The number of hydrogen-bond acceptors (Lipinski definition) is 10. The molecular formula is C28H41NO9. The monoisotopic (exact) mass is 535 g/mol. The average Bonchev–Trinajstić information content (AvgIpc) is 3.68. The maximum atomic E-state index is 11.5. The molecule has 0 saturated carbocycles. The molecule has 0 aromatic heterocycles. The molecule has 2 heterocycles. The van der Waals surface area contributed by atoms with E-state index in [4.69, 9.17) is 28.4 Å². The van der Waals surface area contributed by atoms with E-state index in [1.807, 2.05) is 14.0 Å². The maximum absolute atomic E-state index is 11.5. The van der Waals surface area contributed by atoms with Gasteiger partial charge in [0, 0.05) is 30.7 Å². The van der Waals surface area contributed by atoms with Crippen LogP contribution in [0.3, 0.4) is 0 Å². The molecule has 2 saturated heterocycles. The molecule has 2 fully saturated rings. The number of aldehydes is 1. The summed E-state index contributed by atoms with van der Waals surface area (Å²) >= 11 is 0. The lowest BCUT2D eigenvalue weighted by molar-refractivity contribution is -0.254. The van der Waals surface area contributed by atoms with E-state index >= 15 is 0 Å². The fraction of sp³-hybridized carbons (Fsp3) is 0.679. The van der Waals surface area contributed by atoms with Gasteiger partial charge in [-0.1, -0.05) is 13.0 Å². The van der Waals surface area contributed by atoms with Crippen molar-refractivity contribution in [3.8, 4) is 11.5 Å². The highest BCUT2D eigenvalue weighted by atomic mass is 16.8. The predicted molar refractivity (Wildman–Crippen MR) is 139 cm³/mol. The second-order valence-corrected chi connectivity index (χ2v) is 10.4. The van der Waals surface area contributed by atoms with Crippen molar-refractivity contribution in [1.29, 1.82) is 0 Å². The second kappa shape index (κ2) is 11.5. The van der Waals surface area contributed by atoms with Crippen LogP contribution in [-0.4, -0.2) is 87.9 Å². The molecule has 3 N–H and O–H groups in total. The van der Waals surface area contributed by atoms with E-state index in [0.717, 1.165) is 23.6 Å². The molecule has 1 aromatic carbocycles. The van der Waals surface area contributed by atoms with E-state index in [1.54, 1.807) is 7.11 Å². The van der Waals surface area contributed by atoms with Crippen molar-refractivity contribution >= 4 is 18.1 Å². The standard InChI is InChI=1S/C28H41NO9/c1-18-13-21-23(24(31)19(2)20(25(21)34-5)9-6-7-11-30)22(14-18)38-28(35-12-8-10-29-3)17-37-27(32,16-33-4)26(28)15-36-26/h11,13,18,29,31-32H,6-10,12,14-17H2,1-5H3. The average molecular weight is 536 g/mol. The lowest BCUT2D eigenvalue weighted by Crippen LogP contribution is -2.59. The molecule has 1 aliphatic carbocycles. The number of carbonyl (C=O) groups excluding carboxylic acids is 1. The third-order valence-electron chi connectivity index (χ3n) is 7.74. The van der Waals surface area contributed by atoms with Crippen molar-refractivity contribution in [2.75, 3.05) is 54.2 Å². The fourth-order valence-electron chi connectivity index (χ4n) is 5.67. The molecule has 4 unspecified atom stereocenters. The lowest BCUT2D eigenvalue weighted by Gasteiger charge is -2.37. The smallest absolute Gasteiger partial charge is 0.270 e. The van der Waals surface area contributed by atoms with E-state index in [0.29, 0.717) is 61.0 Å². The zero-order valence-corrected chi connectivity index (χ0v) is 23.1. The Kier molecular flexibility index (Phi) is 8.71. The summed E-state index contributed by atoms with van der Waals surface area (Å²) in [5.41, 5.74) is 0.265. The minimum absolute atomic E-state index is 0.0638. The molecule has 1 spiro atoms. The van der Waals surface area contributed by atoms with Gasteiger partial charge in [-0.05, 0) is 51.3 Å². The van der Waals surface area contributed by atoms with Gasteiger partial charge >= 0.3 is 0 Å². The third kappa shape index (κ3) is 4.82. The van der Waals surface area contributed by atoms with Crippen LogP contribution in [-0.2, 0) is 34.9 Å². The zero-order chi connectivity index (χ0) is 27.6. The van der Waals surface area contributed by atoms with Gasteiger partial charge in [-0.3, -0.25) is 0 Å². The first-order valence-electron chi connectivity index (χ1n) is 13.3. The summed E-state index contributed by atoms with van der Waals surface area (Å²) in [6, 6.07) is 0. The summed E-state index contributed by atoms with van der Waals surface area (Å²) in [7, 11) is 4.96. The van der Waals surface area contributed by atoms with Crippen LogP contribution in [0.25, 0.3) is 11.8 Å². The van der Waals surface area contributed by atoms with Gasteiger partial charge < -0.3 is 48.7 Å². The van der Waals surface area contributed by atoms with E-state index in [1.165, 1.54) is 7.11 Å². The second-order valence-electron chi connectivity index (χ2n) is 10.4. The molecule has 4 rings (SSSR count). The number of nitrogens with one attached hydrogen (secondary N) is 1. The Bertz CT molecular complexity index is 1150. The highest BCUT2D eigenvalue weighted by Gasteiger charge is 2.81. The number of benzene rings is 1. The number of phenolic OH excluding ortho intramolecular Hbond substituents is 1. The summed E-state index contributed by atoms with van der Waals surface area (Å²) in [6.45, 7) is 4.96. The Morgan fingerprint density at radius 1 is 1.24 bits per heavy atom. The van der Waals surface area contributed by atoms with Crippen LogP contribution in [0.2, 0.25) is 0 Å². The molecule has 0 amide bonds. The number of carbonyl (C=O) groups is 1. The van der Waals surface area contributed by atoms with Crippen LogP contribution in [0.4, 0.5) is 0 Å². The van der Waals surface area contributed by atoms with Crippen molar-refractivity contribution in [2.45, 2.75) is 63.1 Å². The quantitative estimate of drug-likeness (QED) is 0.135. The number of methoxy groups -OCH3 is 2. The summed E-state index contributed by atoms with van der Waals surface area (Å²) in [6.07, 6.45) is 5.85. The molecule has 0 radical (unpaired) electrons. The Morgan fingerprint density at radius 3 is 2.63 bits per heavy atom. The van der Waals surface area contributed by atoms with Crippen molar-refractivity contribution in [2.24, 2.45) is 5.92 Å². The molecule has 38 heavy (non-hydrogen) atoms. The van der Waals surface area contributed by atoms with E-state index < -0.39 is 17.2 Å². The topological polar surface area (TPSA) is 128 Å². The molecule has 212 valence electrons. The molecule has 10 heteroatoms. The molecule has 1 aromatic rings. The van der Waals surface area contributed by atoms with Crippen LogP contribution in [0, 0.1) is 12.8 Å². The summed E-state index contributed by atoms with van der Waals surface area (Å²) in [5.74, 6) is -1.86. The number of ether oxygens (including phenoxy) is 6. The number of hydrogen-bond donors (Lipinski definition) is 3. The number of rotatable bonds is 14. The number of epoxide rings is 1. The third-order valence-corrected chi connectivity index (χ3v) is 7.74. The van der Waals surface area contributed by atoms with Crippen LogP contribution in [0.15, 0.2) is 0 Å². The lowest BCUT2D eigenvalue weighted by atomic mass is 9.90. The Hall–Kier alpha value is -2.21. The van der Waals surface area contributed by atoms with Crippen molar-refractivity contribution in [3.05, 3.63) is 21.6 Å². The molecule has 2 aliphatic heterocycles. The molecule has 3 aliphatic rings.